The fourth-order valence-corrected chi connectivity index (χ4v) is 3.70. The van der Waals surface area contributed by atoms with Crippen LogP contribution in [0.5, 0.6) is 0 Å². The molecule has 0 atom stereocenters. The van der Waals surface area contributed by atoms with E-state index in [1.807, 2.05) is 0 Å². The lowest BCUT2D eigenvalue weighted by Gasteiger charge is -2.30. The van der Waals surface area contributed by atoms with E-state index in [9.17, 15) is 14.7 Å². The lowest BCUT2D eigenvalue weighted by Crippen LogP contribution is -2.54. The molecule has 0 aliphatic heterocycles. The molecule has 0 radical (unpaired) electrons. The van der Waals surface area contributed by atoms with Gasteiger partial charge in [-0.2, -0.15) is 0 Å². The predicted molar refractivity (Wildman–Crippen MR) is 77.4 cm³/mol. The molecule has 0 saturated heterocycles. The van der Waals surface area contributed by atoms with Gasteiger partial charge in [-0.05, 0) is 31.6 Å². The molecule has 0 spiro atoms. The largest absolute Gasteiger partial charge is 0.480 e. The standard InChI is InChI=1S/C16H27NO3/c18-14(12-13-8-4-3-5-9-13)17-16(15(19)20)10-6-1-2-7-11-16/h13H,1-12H2,(H,17,18)(H,19,20). The molecule has 0 unspecified atom stereocenters. The van der Waals surface area contributed by atoms with E-state index in [2.05, 4.69) is 5.32 Å². The first kappa shape index (κ1) is 15.3. The van der Waals surface area contributed by atoms with E-state index in [0.717, 1.165) is 38.5 Å². The second-order valence-electron chi connectivity index (χ2n) is 6.56. The van der Waals surface area contributed by atoms with E-state index in [4.69, 9.17) is 0 Å². The summed E-state index contributed by atoms with van der Waals surface area (Å²) in [5.74, 6) is -0.446. The predicted octanol–water partition coefficient (Wildman–Crippen LogP) is 3.25. The molecular weight excluding hydrogens is 254 g/mol. The molecular formula is C16H27NO3. The number of nitrogens with one attached hydrogen (secondary N) is 1. The van der Waals surface area contributed by atoms with Gasteiger partial charge in [0.25, 0.3) is 0 Å². The Morgan fingerprint density at radius 2 is 1.50 bits per heavy atom. The summed E-state index contributed by atoms with van der Waals surface area (Å²) in [5.41, 5.74) is -0.998. The number of hydrogen-bond acceptors (Lipinski definition) is 2. The van der Waals surface area contributed by atoms with Gasteiger partial charge in [-0.1, -0.05) is 44.9 Å². The molecule has 2 aliphatic rings. The zero-order valence-corrected chi connectivity index (χ0v) is 12.3. The van der Waals surface area contributed by atoms with Crippen LogP contribution in [0, 0.1) is 5.92 Å². The Morgan fingerprint density at radius 3 is 2.05 bits per heavy atom. The van der Waals surface area contributed by atoms with Gasteiger partial charge in [-0.25, -0.2) is 4.79 Å². The summed E-state index contributed by atoms with van der Waals surface area (Å²) in [6, 6.07) is 0. The smallest absolute Gasteiger partial charge is 0.329 e. The molecule has 2 aliphatic carbocycles. The molecule has 2 saturated carbocycles. The van der Waals surface area contributed by atoms with E-state index < -0.39 is 11.5 Å². The van der Waals surface area contributed by atoms with E-state index in [1.54, 1.807) is 0 Å². The van der Waals surface area contributed by atoms with Crippen molar-refractivity contribution in [2.45, 2.75) is 82.6 Å². The van der Waals surface area contributed by atoms with Gasteiger partial charge in [0.1, 0.15) is 5.54 Å². The maximum atomic E-state index is 12.2. The second-order valence-corrected chi connectivity index (χ2v) is 6.56. The summed E-state index contributed by atoms with van der Waals surface area (Å²) >= 11 is 0. The van der Waals surface area contributed by atoms with Crippen molar-refractivity contribution in [3.05, 3.63) is 0 Å². The van der Waals surface area contributed by atoms with Gasteiger partial charge in [-0.3, -0.25) is 4.79 Å². The fourth-order valence-electron chi connectivity index (χ4n) is 3.70. The Labute approximate surface area is 121 Å². The highest BCUT2D eigenvalue weighted by atomic mass is 16.4. The van der Waals surface area contributed by atoms with Crippen LogP contribution >= 0.6 is 0 Å². The van der Waals surface area contributed by atoms with Crippen LogP contribution < -0.4 is 5.32 Å². The molecule has 2 N–H and O–H groups in total. The van der Waals surface area contributed by atoms with Crippen molar-refractivity contribution in [2.24, 2.45) is 5.92 Å². The zero-order chi connectivity index (χ0) is 14.4. The Morgan fingerprint density at radius 1 is 0.950 bits per heavy atom. The van der Waals surface area contributed by atoms with Crippen LogP contribution in [0.3, 0.4) is 0 Å². The first-order chi connectivity index (χ1) is 9.62. The Kier molecular flexibility index (Phi) is 5.44. The molecule has 0 aromatic rings. The van der Waals surface area contributed by atoms with Crippen LogP contribution in [-0.2, 0) is 9.59 Å². The molecule has 1 amide bonds. The van der Waals surface area contributed by atoms with E-state index >= 15 is 0 Å². The van der Waals surface area contributed by atoms with Gasteiger partial charge in [0.05, 0.1) is 0 Å². The van der Waals surface area contributed by atoms with Crippen molar-refractivity contribution in [2.75, 3.05) is 0 Å². The van der Waals surface area contributed by atoms with Crippen molar-refractivity contribution in [3.8, 4) is 0 Å². The van der Waals surface area contributed by atoms with Crippen LogP contribution in [0.25, 0.3) is 0 Å². The van der Waals surface area contributed by atoms with Gasteiger partial charge in [-0.15, -0.1) is 0 Å². The van der Waals surface area contributed by atoms with Crippen LogP contribution in [0.1, 0.15) is 77.0 Å². The number of carboxylic acid groups (broad SMARTS) is 1. The van der Waals surface area contributed by atoms with Gasteiger partial charge >= 0.3 is 5.97 Å². The summed E-state index contributed by atoms with van der Waals surface area (Å²) < 4.78 is 0. The van der Waals surface area contributed by atoms with Crippen molar-refractivity contribution in [3.63, 3.8) is 0 Å². The summed E-state index contributed by atoms with van der Waals surface area (Å²) in [7, 11) is 0. The van der Waals surface area contributed by atoms with Crippen LogP contribution in [0.15, 0.2) is 0 Å². The van der Waals surface area contributed by atoms with Crippen LogP contribution in [0.4, 0.5) is 0 Å². The molecule has 2 fully saturated rings. The Hall–Kier alpha value is -1.06. The van der Waals surface area contributed by atoms with Crippen molar-refractivity contribution >= 4 is 11.9 Å². The summed E-state index contributed by atoms with van der Waals surface area (Å²) in [6.45, 7) is 0. The van der Waals surface area contributed by atoms with Gasteiger partial charge < -0.3 is 10.4 Å². The molecule has 4 heteroatoms. The lowest BCUT2D eigenvalue weighted by atomic mass is 9.85. The Balaban J connectivity index is 1.92. The number of rotatable bonds is 4. The summed E-state index contributed by atoms with van der Waals surface area (Å²) in [5, 5.41) is 12.4. The minimum Gasteiger partial charge on any atom is -0.480 e. The molecule has 114 valence electrons. The zero-order valence-electron chi connectivity index (χ0n) is 12.3. The summed E-state index contributed by atoms with van der Waals surface area (Å²) in [6.07, 6.45) is 11.6. The fraction of sp³-hybridized carbons (Fsp3) is 0.875. The quantitative estimate of drug-likeness (QED) is 0.777. The van der Waals surface area contributed by atoms with E-state index in [-0.39, 0.29) is 5.91 Å². The minimum absolute atomic E-state index is 0.0544. The Bertz CT molecular complexity index is 340. The second kappa shape index (κ2) is 7.09. The number of amides is 1. The van der Waals surface area contributed by atoms with E-state index in [1.165, 1.54) is 19.3 Å². The molecule has 20 heavy (non-hydrogen) atoms. The number of aliphatic carboxylic acids is 1. The highest BCUT2D eigenvalue weighted by molar-refractivity contribution is 5.87. The van der Waals surface area contributed by atoms with E-state index in [0.29, 0.717) is 25.2 Å². The molecule has 0 bridgehead atoms. The third-order valence-electron chi connectivity index (χ3n) is 4.94. The van der Waals surface area contributed by atoms with Gasteiger partial charge in [0.2, 0.25) is 5.91 Å². The monoisotopic (exact) mass is 281 g/mol. The SMILES string of the molecule is O=C(CC1CCCCC1)NC1(C(=O)O)CCCCCC1. The molecule has 4 nitrogen and oxygen atoms in total. The van der Waals surface area contributed by atoms with Gasteiger partial charge in [0, 0.05) is 6.42 Å². The maximum Gasteiger partial charge on any atom is 0.329 e. The van der Waals surface area contributed by atoms with Crippen molar-refractivity contribution in [1.29, 1.82) is 0 Å². The third-order valence-corrected chi connectivity index (χ3v) is 4.94. The minimum atomic E-state index is -0.998. The van der Waals surface area contributed by atoms with Crippen LogP contribution in [0.2, 0.25) is 0 Å². The number of carbonyl (C=O) groups excluding carboxylic acids is 1. The number of hydrogen-bond donors (Lipinski definition) is 2. The average Bonchev–Trinajstić information content (AvgIpc) is 2.66. The topological polar surface area (TPSA) is 66.4 Å². The molecule has 2 rings (SSSR count). The average molecular weight is 281 g/mol. The van der Waals surface area contributed by atoms with Gasteiger partial charge in [0.15, 0.2) is 0 Å². The summed E-state index contributed by atoms with van der Waals surface area (Å²) in [4.78, 5) is 23.9. The highest BCUT2D eigenvalue weighted by Gasteiger charge is 2.40. The third kappa shape index (κ3) is 3.97. The molecule has 0 aromatic carbocycles. The molecule has 0 heterocycles. The van der Waals surface area contributed by atoms with Crippen LogP contribution in [-0.4, -0.2) is 22.5 Å². The number of carbonyl (C=O) groups is 2. The maximum absolute atomic E-state index is 12.2. The number of carboxylic acids is 1. The van der Waals surface area contributed by atoms with Crippen molar-refractivity contribution < 1.29 is 14.7 Å². The first-order valence-electron chi connectivity index (χ1n) is 8.17. The van der Waals surface area contributed by atoms with Crippen molar-refractivity contribution in [1.82, 2.24) is 5.32 Å². The molecule has 0 aromatic heterocycles. The highest BCUT2D eigenvalue weighted by Crippen LogP contribution is 2.29. The first-order valence-corrected chi connectivity index (χ1v) is 8.17. The normalized spacial score (nSPS) is 23.8. The lowest BCUT2D eigenvalue weighted by molar-refractivity contribution is -0.148.